The van der Waals surface area contributed by atoms with Crippen LogP contribution in [0.2, 0.25) is 5.02 Å². The van der Waals surface area contributed by atoms with Crippen LogP contribution in [0.15, 0.2) is 76.5 Å². The minimum Gasteiger partial charge on any atom is -0.507 e. The number of aliphatic hydroxyl groups is 1. The van der Waals surface area contributed by atoms with Crippen LogP contribution in [0.5, 0.6) is 5.75 Å². The van der Waals surface area contributed by atoms with Crippen LogP contribution in [0.4, 0.5) is 13.2 Å². The molecule has 38 heavy (non-hydrogen) atoms. The third kappa shape index (κ3) is 8.60. The zero-order valence-corrected chi connectivity index (χ0v) is 22.1. The molecule has 7 nitrogen and oxygen atoms in total. The number of phenolic OH excluding ortho intramolecular Hbond substituents is 1. The molecule has 0 aliphatic heterocycles. The van der Waals surface area contributed by atoms with Crippen LogP contribution < -0.4 is 10.6 Å². The Bertz CT molecular complexity index is 1350. The number of phenols is 1. The summed E-state index contributed by atoms with van der Waals surface area (Å²) in [6.45, 7) is -0.817. The maximum atomic E-state index is 13.0. The minimum absolute atomic E-state index is 0. The average molecular weight is 593 g/mol. The van der Waals surface area contributed by atoms with E-state index in [9.17, 15) is 36.6 Å². The molecule has 1 amide bonds. The molecule has 0 spiro atoms. The van der Waals surface area contributed by atoms with Crippen LogP contribution in [0.25, 0.3) is 0 Å². The highest BCUT2D eigenvalue weighted by atomic mass is 35.5. The molecular weight excluding hydrogens is 568 g/mol. The van der Waals surface area contributed by atoms with Crippen molar-refractivity contribution in [2.75, 3.05) is 19.6 Å². The van der Waals surface area contributed by atoms with E-state index < -0.39 is 45.9 Å². The first-order valence-electron chi connectivity index (χ1n) is 11.0. The van der Waals surface area contributed by atoms with Crippen molar-refractivity contribution < 1.29 is 36.6 Å². The number of hydrogen-bond acceptors (Lipinski definition) is 6. The number of aromatic hydroxyl groups is 1. The van der Waals surface area contributed by atoms with Crippen molar-refractivity contribution in [2.24, 2.45) is 0 Å². The standard InChI is InChI=1S/C25H24ClF3N2O5S.ClH/c26-18-3-1-2-17(12-18)23(33)14-30-11-10-16-4-6-19(7-5-16)37(35,36)20-8-9-22(32)21(13-20)24(34)31-15-25(27,28)29;/h1-9,12-13,23,30,32-33H,10-11,14-15H2,(H,31,34);1H/t23-;/m1./s1. The fraction of sp³-hybridized carbons (Fsp3) is 0.240. The maximum absolute atomic E-state index is 13.0. The molecule has 13 heteroatoms. The maximum Gasteiger partial charge on any atom is 0.405 e. The van der Waals surface area contributed by atoms with Crippen molar-refractivity contribution in [1.29, 1.82) is 0 Å². The van der Waals surface area contributed by atoms with E-state index in [-0.39, 0.29) is 22.2 Å². The Labute approximate surface area is 229 Å². The number of halogens is 5. The number of nitrogens with one attached hydrogen (secondary N) is 2. The number of alkyl halides is 3. The second-order valence-corrected chi connectivity index (χ2v) is 10.5. The normalized spacial score (nSPS) is 12.4. The zero-order valence-electron chi connectivity index (χ0n) is 19.7. The summed E-state index contributed by atoms with van der Waals surface area (Å²) in [5, 5.41) is 25.3. The summed E-state index contributed by atoms with van der Waals surface area (Å²) >= 11 is 5.93. The Morgan fingerprint density at radius 2 is 1.66 bits per heavy atom. The lowest BCUT2D eigenvalue weighted by Crippen LogP contribution is -2.33. The predicted molar refractivity (Wildman–Crippen MR) is 139 cm³/mol. The van der Waals surface area contributed by atoms with Crippen LogP contribution >= 0.6 is 24.0 Å². The van der Waals surface area contributed by atoms with E-state index >= 15 is 0 Å². The second kappa shape index (κ2) is 13.3. The van der Waals surface area contributed by atoms with Gasteiger partial charge in [-0.1, -0.05) is 35.9 Å². The molecule has 1 atom stereocenters. The molecule has 0 aromatic heterocycles. The molecule has 0 saturated heterocycles. The molecule has 0 saturated carbocycles. The van der Waals surface area contributed by atoms with Gasteiger partial charge in [-0.15, -0.1) is 12.4 Å². The molecule has 3 rings (SSSR count). The van der Waals surface area contributed by atoms with Crippen molar-refractivity contribution in [3.8, 4) is 5.75 Å². The minimum atomic E-state index is -4.66. The number of carbonyl (C=O) groups is 1. The van der Waals surface area contributed by atoms with Gasteiger partial charge < -0.3 is 20.8 Å². The first kappa shape index (κ1) is 31.4. The smallest absolute Gasteiger partial charge is 0.405 e. The van der Waals surface area contributed by atoms with Gasteiger partial charge in [0.15, 0.2) is 0 Å². The topological polar surface area (TPSA) is 116 Å². The van der Waals surface area contributed by atoms with Crippen LogP contribution in [-0.4, -0.2) is 50.3 Å². The number of carbonyl (C=O) groups excluding carboxylic acids is 1. The van der Waals surface area contributed by atoms with Gasteiger partial charge in [0.2, 0.25) is 9.84 Å². The molecule has 0 fully saturated rings. The van der Waals surface area contributed by atoms with E-state index in [0.717, 1.165) is 23.8 Å². The third-order valence-corrected chi connectivity index (χ3v) is 7.37. The Kier molecular flexibility index (Phi) is 11.0. The number of benzene rings is 3. The van der Waals surface area contributed by atoms with E-state index in [1.54, 1.807) is 41.7 Å². The third-order valence-electron chi connectivity index (χ3n) is 5.37. The van der Waals surface area contributed by atoms with Gasteiger partial charge in [-0.05, 0) is 66.6 Å². The predicted octanol–water partition coefficient (Wildman–Crippen LogP) is 4.46. The van der Waals surface area contributed by atoms with Gasteiger partial charge in [0.1, 0.15) is 12.3 Å². The monoisotopic (exact) mass is 592 g/mol. The van der Waals surface area contributed by atoms with Crippen molar-refractivity contribution in [2.45, 2.75) is 28.5 Å². The Morgan fingerprint density at radius 3 is 2.29 bits per heavy atom. The highest BCUT2D eigenvalue weighted by Crippen LogP contribution is 2.27. The van der Waals surface area contributed by atoms with E-state index in [0.29, 0.717) is 30.1 Å². The fourth-order valence-corrected chi connectivity index (χ4v) is 4.90. The van der Waals surface area contributed by atoms with Gasteiger partial charge in [0.25, 0.3) is 5.91 Å². The Hall–Kier alpha value is -2.83. The molecule has 3 aromatic carbocycles. The van der Waals surface area contributed by atoms with Crippen molar-refractivity contribution in [1.82, 2.24) is 10.6 Å². The van der Waals surface area contributed by atoms with Crippen molar-refractivity contribution >= 4 is 39.8 Å². The largest absolute Gasteiger partial charge is 0.507 e. The number of sulfone groups is 1. The average Bonchev–Trinajstić information content (AvgIpc) is 2.85. The van der Waals surface area contributed by atoms with E-state index in [1.165, 1.54) is 12.1 Å². The highest BCUT2D eigenvalue weighted by Gasteiger charge is 2.29. The van der Waals surface area contributed by atoms with Crippen LogP contribution in [0, 0.1) is 0 Å². The molecule has 3 aromatic rings. The summed E-state index contributed by atoms with van der Waals surface area (Å²) in [7, 11) is -4.12. The van der Waals surface area contributed by atoms with Gasteiger partial charge in [-0.2, -0.15) is 13.2 Å². The number of aliphatic hydroxyl groups excluding tert-OH is 1. The van der Waals surface area contributed by atoms with E-state index in [2.05, 4.69) is 5.32 Å². The zero-order chi connectivity index (χ0) is 27.2. The van der Waals surface area contributed by atoms with Gasteiger partial charge in [-0.3, -0.25) is 4.79 Å². The lowest BCUT2D eigenvalue weighted by Gasteiger charge is -2.13. The second-order valence-electron chi connectivity index (χ2n) is 8.15. The molecule has 4 N–H and O–H groups in total. The number of rotatable bonds is 10. The summed E-state index contributed by atoms with van der Waals surface area (Å²) in [5.41, 5.74) is 0.916. The van der Waals surface area contributed by atoms with Crippen molar-refractivity contribution in [3.63, 3.8) is 0 Å². The molecular formula is C25H25Cl2F3N2O5S. The van der Waals surface area contributed by atoms with Crippen LogP contribution in [0.1, 0.15) is 27.6 Å². The summed E-state index contributed by atoms with van der Waals surface area (Å²) < 4.78 is 63.1. The Balaban J connectivity index is 0.00000507. The molecule has 0 radical (unpaired) electrons. The van der Waals surface area contributed by atoms with Crippen molar-refractivity contribution in [3.05, 3.63) is 88.4 Å². The number of amides is 1. The van der Waals surface area contributed by atoms with Crippen LogP contribution in [0.3, 0.4) is 0 Å². The van der Waals surface area contributed by atoms with Gasteiger partial charge in [0, 0.05) is 11.6 Å². The SMILES string of the molecule is Cl.O=C(NCC(F)(F)F)c1cc(S(=O)(=O)c2ccc(CCNC[C@@H](O)c3cccc(Cl)c3)cc2)ccc1O. The molecule has 206 valence electrons. The van der Waals surface area contributed by atoms with E-state index in [4.69, 9.17) is 11.6 Å². The lowest BCUT2D eigenvalue weighted by atomic mass is 10.1. The summed E-state index contributed by atoms with van der Waals surface area (Å²) in [4.78, 5) is 11.6. The quantitative estimate of drug-likeness (QED) is 0.258. The highest BCUT2D eigenvalue weighted by molar-refractivity contribution is 7.91. The lowest BCUT2D eigenvalue weighted by molar-refractivity contribution is -0.123. The van der Waals surface area contributed by atoms with Gasteiger partial charge >= 0.3 is 6.18 Å². The first-order valence-corrected chi connectivity index (χ1v) is 12.9. The first-order chi connectivity index (χ1) is 17.4. The Morgan fingerprint density at radius 1 is 1.00 bits per heavy atom. The number of hydrogen-bond donors (Lipinski definition) is 4. The molecule has 0 heterocycles. The summed E-state index contributed by atoms with van der Waals surface area (Å²) in [6.07, 6.45) is -4.86. The molecule has 0 aliphatic carbocycles. The fourth-order valence-electron chi connectivity index (χ4n) is 3.41. The molecule has 0 bridgehead atoms. The van der Waals surface area contributed by atoms with Gasteiger partial charge in [0.05, 0.1) is 21.5 Å². The van der Waals surface area contributed by atoms with Gasteiger partial charge in [-0.25, -0.2) is 8.42 Å². The molecule has 0 unspecified atom stereocenters. The summed E-state index contributed by atoms with van der Waals surface area (Å²) in [5.74, 6) is -1.91. The van der Waals surface area contributed by atoms with E-state index in [1.807, 2.05) is 0 Å². The molecule has 0 aliphatic rings. The summed E-state index contributed by atoms with van der Waals surface area (Å²) in [6, 6.07) is 15.7. The van der Waals surface area contributed by atoms with Crippen LogP contribution in [-0.2, 0) is 16.3 Å².